The molecule has 1 heterocycles. The number of nitriles is 1. The molecule has 0 aliphatic carbocycles. The van der Waals surface area contributed by atoms with Gasteiger partial charge in [0.05, 0.1) is 17.9 Å². The minimum Gasteiger partial charge on any atom is -0.464 e. The first-order chi connectivity index (χ1) is 10.2. The van der Waals surface area contributed by atoms with E-state index in [1.54, 1.807) is 19.2 Å². The van der Waals surface area contributed by atoms with Crippen LogP contribution in [0, 0.1) is 11.3 Å². The number of benzene rings is 1. The summed E-state index contributed by atoms with van der Waals surface area (Å²) in [5.74, 6) is 0.684. The van der Waals surface area contributed by atoms with Crippen LogP contribution in [0.1, 0.15) is 12.5 Å². The molecule has 108 valence electrons. The van der Waals surface area contributed by atoms with Crippen molar-refractivity contribution in [3.63, 3.8) is 0 Å². The van der Waals surface area contributed by atoms with Crippen LogP contribution in [-0.2, 0) is 0 Å². The molecule has 0 unspecified atom stereocenters. The third-order valence-electron chi connectivity index (χ3n) is 2.46. The van der Waals surface area contributed by atoms with Gasteiger partial charge in [0, 0.05) is 11.5 Å². The highest BCUT2D eigenvalue weighted by Gasteiger charge is 2.09. The van der Waals surface area contributed by atoms with Gasteiger partial charge in [0.1, 0.15) is 6.07 Å². The number of anilines is 3. The van der Waals surface area contributed by atoms with Gasteiger partial charge in [0.25, 0.3) is 0 Å². The average Bonchev–Trinajstić information content (AvgIpc) is 2.49. The molecule has 0 atom stereocenters. The summed E-state index contributed by atoms with van der Waals surface area (Å²) in [4.78, 5) is 12.4. The minimum atomic E-state index is 0.218. The third kappa shape index (κ3) is 3.79. The zero-order chi connectivity index (χ0) is 15.2. The number of ether oxygens (including phenoxy) is 1. The van der Waals surface area contributed by atoms with Gasteiger partial charge >= 0.3 is 6.01 Å². The number of rotatable bonds is 5. The topological polar surface area (TPSA) is 95.8 Å². The van der Waals surface area contributed by atoms with Crippen LogP contribution in [-0.4, -0.2) is 28.6 Å². The van der Waals surface area contributed by atoms with Gasteiger partial charge in [-0.25, -0.2) is 0 Å². The van der Waals surface area contributed by atoms with Crippen LogP contribution >= 0.6 is 15.9 Å². The van der Waals surface area contributed by atoms with Crippen LogP contribution < -0.4 is 15.4 Å². The van der Waals surface area contributed by atoms with Gasteiger partial charge < -0.3 is 15.4 Å². The van der Waals surface area contributed by atoms with Crippen molar-refractivity contribution in [1.29, 1.82) is 5.26 Å². The van der Waals surface area contributed by atoms with Crippen LogP contribution in [0.15, 0.2) is 22.7 Å². The fourth-order valence-corrected chi connectivity index (χ4v) is 1.92. The SMILES string of the molecule is CCOc1nc(NC)nc(Nc2ccc(Br)cc2C#N)n1. The number of hydrogen-bond acceptors (Lipinski definition) is 7. The summed E-state index contributed by atoms with van der Waals surface area (Å²) in [7, 11) is 1.70. The molecular weight excluding hydrogens is 336 g/mol. The van der Waals surface area contributed by atoms with Crippen LogP contribution in [0.4, 0.5) is 17.6 Å². The van der Waals surface area contributed by atoms with E-state index < -0.39 is 0 Å². The fourth-order valence-electron chi connectivity index (χ4n) is 1.56. The highest BCUT2D eigenvalue weighted by atomic mass is 79.9. The second-order valence-electron chi connectivity index (χ2n) is 3.87. The van der Waals surface area contributed by atoms with E-state index in [4.69, 9.17) is 10.00 Å². The number of nitrogens with one attached hydrogen (secondary N) is 2. The highest BCUT2D eigenvalue weighted by Crippen LogP contribution is 2.23. The van der Waals surface area contributed by atoms with E-state index in [9.17, 15) is 0 Å². The lowest BCUT2D eigenvalue weighted by Gasteiger charge is -2.09. The Kier molecular flexibility index (Phi) is 4.90. The van der Waals surface area contributed by atoms with Crippen molar-refractivity contribution in [2.45, 2.75) is 6.92 Å². The maximum atomic E-state index is 9.16. The number of hydrogen-bond donors (Lipinski definition) is 2. The molecule has 1 aromatic carbocycles. The van der Waals surface area contributed by atoms with Gasteiger partial charge in [-0.3, -0.25) is 0 Å². The largest absolute Gasteiger partial charge is 0.464 e. The molecule has 8 heteroatoms. The Morgan fingerprint density at radius 3 is 2.71 bits per heavy atom. The second-order valence-corrected chi connectivity index (χ2v) is 4.79. The Hall–Kier alpha value is -2.40. The zero-order valence-electron chi connectivity index (χ0n) is 11.5. The lowest BCUT2D eigenvalue weighted by atomic mass is 10.2. The summed E-state index contributed by atoms with van der Waals surface area (Å²) >= 11 is 3.33. The van der Waals surface area contributed by atoms with Crippen molar-refractivity contribution in [3.8, 4) is 12.1 Å². The molecule has 2 aromatic rings. The maximum Gasteiger partial charge on any atom is 0.323 e. The Bertz CT molecular complexity index is 685. The van der Waals surface area contributed by atoms with Crippen LogP contribution in [0.25, 0.3) is 0 Å². The van der Waals surface area contributed by atoms with E-state index in [-0.39, 0.29) is 6.01 Å². The Labute approximate surface area is 130 Å². The quantitative estimate of drug-likeness (QED) is 0.857. The van der Waals surface area contributed by atoms with Gasteiger partial charge in [0.15, 0.2) is 0 Å². The first kappa shape index (κ1) is 15.0. The standard InChI is InChI=1S/C13H13BrN6O/c1-3-21-13-19-11(16-2)18-12(20-13)17-10-5-4-9(14)6-8(10)7-15/h4-6H,3H2,1-2H3,(H2,16,17,18,19,20). The van der Waals surface area contributed by atoms with Crippen molar-refractivity contribution in [1.82, 2.24) is 15.0 Å². The molecule has 21 heavy (non-hydrogen) atoms. The third-order valence-corrected chi connectivity index (χ3v) is 2.95. The van der Waals surface area contributed by atoms with Gasteiger partial charge in [-0.15, -0.1) is 0 Å². The van der Waals surface area contributed by atoms with Crippen molar-refractivity contribution < 1.29 is 4.74 Å². The molecule has 7 nitrogen and oxygen atoms in total. The molecule has 0 fully saturated rings. The van der Waals surface area contributed by atoms with Crippen molar-refractivity contribution in [2.24, 2.45) is 0 Å². The van der Waals surface area contributed by atoms with Crippen LogP contribution in [0.3, 0.4) is 0 Å². The van der Waals surface area contributed by atoms with E-state index in [0.717, 1.165) is 4.47 Å². The lowest BCUT2D eigenvalue weighted by Crippen LogP contribution is -2.07. The Morgan fingerprint density at radius 2 is 2.05 bits per heavy atom. The monoisotopic (exact) mass is 348 g/mol. The zero-order valence-corrected chi connectivity index (χ0v) is 13.1. The fraction of sp³-hybridized carbons (Fsp3) is 0.231. The Morgan fingerprint density at radius 1 is 1.29 bits per heavy atom. The lowest BCUT2D eigenvalue weighted by molar-refractivity contribution is 0.312. The molecule has 0 saturated carbocycles. The summed E-state index contributed by atoms with van der Waals surface area (Å²) in [6.07, 6.45) is 0. The van der Waals surface area contributed by atoms with E-state index >= 15 is 0 Å². The first-order valence-electron chi connectivity index (χ1n) is 6.19. The molecule has 0 saturated heterocycles. The van der Waals surface area contributed by atoms with Crippen molar-refractivity contribution in [2.75, 3.05) is 24.3 Å². The smallest absolute Gasteiger partial charge is 0.323 e. The van der Waals surface area contributed by atoms with Gasteiger partial charge in [-0.05, 0) is 25.1 Å². The first-order valence-corrected chi connectivity index (χ1v) is 6.99. The number of aromatic nitrogens is 3. The van der Waals surface area contributed by atoms with Crippen LogP contribution in [0.2, 0.25) is 0 Å². The summed E-state index contributed by atoms with van der Waals surface area (Å²) in [5, 5.41) is 15.0. The minimum absolute atomic E-state index is 0.218. The molecule has 2 rings (SSSR count). The molecular formula is C13H13BrN6O. The Balaban J connectivity index is 2.35. The van der Waals surface area contributed by atoms with Crippen molar-refractivity contribution >= 4 is 33.5 Å². The van der Waals surface area contributed by atoms with E-state index in [1.165, 1.54) is 0 Å². The molecule has 0 aliphatic rings. The highest BCUT2D eigenvalue weighted by molar-refractivity contribution is 9.10. The van der Waals surface area contributed by atoms with E-state index in [2.05, 4.69) is 47.6 Å². The van der Waals surface area contributed by atoms with Gasteiger partial charge in [-0.1, -0.05) is 15.9 Å². The molecule has 0 amide bonds. The molecule has 1 aromatic heterocycles. The summed E-state index contributed by atoms with van der Waals surface area (Å²) in [6, 6.07) is 7.64. The van der Waals surface area contributed by atoms with E-state index in [1.807, 2.05) is 13.0 Å². The molecule has 0 bridgehead atoms. The predicted octanol–water partition coefficient (Wildman–Crippen LogP) is 2.69. The summed E-state index contributed by atoms with van der Waals surface area (Å²) in [5.41, 5.74) is 1.09. The van der Waals surface area contributed by atoms with E-state index in [0.29, 0.717) is 29.8 Å². The van der Waals surface area contributed by atoms with Gasteiger partial charge in [0.2, 0.25) is 11.9 Å². The predicted molar refractivity (Wildman–Crippen MR) is 82.7 cm³/mol. The number of nitrogens with zero attached hydrogens (tertiary/aromatic N) is 4. The summed E-state index contributed by atoms with van der Waals surface area (Å²) in [6.45, 7) is 2.30. The summed E-state index contributed by atoms with van der Waals surface area (Å²) < 4.78 is 6.11. The average molecular weight is 349 g/mol. The van der Waals surface area contributed by atoms with Crippen molar-refractivity contribution in [3.05, 3.63) is 28.2 Å². The molecule has 0 spiro atoms. The molecule has 0 radical (unpaired) electrons. The number of halogens is 1. The normalized spacial score (nSPS) is 9.81. The second kappa shape index (κ2) is 6.85. The molecule has 0 aliphatic heterocycles. The van der Waals surface area contributed by atoms with Crippen LogP contribution in [0.5, 0.6) is 6.01 Å². The molecule has 2 N–H and O–H groups in total. The van der Waals surface area contributed by atoms with Gasteiger partial charge in [-0.2, -0.15) is 20.2 Å². The maximum absolute atomic E-state index is 9.16.